The van der Waals surface area contributed by atoms with E-state index in [1.54, 1.807) is 0 Å². The monoisotopic (exact) mass is 618 g/mol. The molecule has 252 valence electrons. The summed E-state index contributed by atoms with van der Waals surface area (Å²) in [7, 11) is 0. The molecule has 0 radical (unpaired) electrons. The predicted molar refractivity (Wildman–Crippen MR) is 149 cm³/mol. The average Bonchev–Trinajstić information content (AvgIpc) is 2.98. The first-order chi connectivity index (χ1) is 20.8. The fourth-order valence-corrected chi connectivity index (χ4v) is 2.75. The Morgan fingerprint density at radius 3 is 0.714 bits per heavy atom. The minimum atomic E-state index is -0.997. The van der Waals surface area contributed by atoms with Gasteiger partial charge in [0, 0.05) is 13.2 Å². The molecule has 0 spiro atoms. The summed E-state index contributed by atoms with van der Waals surface area (Å²) in [4.78, 5) is 10.3. The van der Waals surface area contributed by atoms with Gasteiger partial charge in [0.25, 0.3) is 0 Å². The molecule has 0 saturated carbocycles. The van der Waals surface area contributed by atoms with Crippen molar-refractivity contribution in [1.82, 2.24) is 0 Å². The van der Waals surface area contributed by atoms with E-state index in [2.05, 4.69) is 0 Å². The van der Waals surface area contributed by atoms with E-state index in [1.807, 2.05) is 0 Å². The van der Waals surface area contributed by atoms with E-state index in [9.17, 15) is 4.79 Å². The van der Waals surface area contributed by atoms with Crippen LogP contribution in [0.1, 0.15) is 6.42 Å². The second-order valence-electron chi connectivity index (χ2n) is 8.26. The van der Waals surface area contributed by atoms with Crippen molar-refractivity contribution in [2.75, 3.05) is 165 Å². The number of carboxylic acid groups (broad SMARTS) is 1. The fraction of sp³-hybridized carbons (Fsp3) is 0.963. The summed E-state index contributed by atoms with van der Waals surface area (Å²) >= 11 is 0. The van der Waals surface area contributed by atoms with Gasteiger partial charge in [0.05, 0.1) is 145 Å². The molecular formula is C27H54O15. The van der Waals surface area contributed by atoms with Gasteiger partial charge >= 0.3 is 5.97 Å². The maximum Gasteiger partial charge on any atom is 0.329 e. The molecule has 0 amide bonds. The fourth-order valence-electron chi connectivity index (χ4n) is 2.75. The normalized spacial score (nSPS) is 11.5. The predicted octanol–water partition coefficient (Wildman–Crippen LogP) is -0.347. The van der Waals surface area contributed by atoms with E-state index in [0.29, 0.717) is 152 Å². The largest absolute Gasteiger partial charge is 0.480 e. The lowest BCUT2D eigenvalue weighted by molar-refractivity contribution is -0.142. The number of carbonyl (C=O) groups is 1. The van der Waals surface area contributed by atoms with Crippen LogP contribution in [0.2, 0.25) is 0 Å². The highest BCUT2D eigenvalue weighted by molar-refractivity contribution is 5.67. The van der Waals surface area contributed by atoms with Gasteiger partial charge in [-0.25, -0.2) is 4.79 Å². The zero-order valence-corrected chi connectivity index (χ0v) is 25.1. The minimum Gasteiger partial charge on any atom is -0.480 e. The number of aliphatic hydroxyl groups is 1. The zero-order chi connectivity index (χ0) is 30.4. The van der Waals surface area contributed by atoms with Crippen LogP contribution in [-0.4, -0.2) is 181 Å². The summed E-state index contributed by atoms with van der Waals surface area (Å²) in [5.74, 6) is -0.997. The molecule has 0 unspecified atom stereocenters. The molecule has 0 aliphatic carbocycles. The van der Waals surface area contributed by atoms with Gasteiger partial charge in [0.15, 0.2) is 0 Å². The van der Waals surface area contributed by atoms with Crippen LogP contribution >= 0.6 is 0 Å². The van der Waals surface area contributed by atoms with Crippen molar-refractivity contribution in [3.8, 4) is 0 Å². The van der Waals surface area contributed by atoms with Crippen LogP contribution in [0, 0.1) is 0 Å². The Bertz CT molecular complexity index is 516. The topological polar surface area (TPSA) is 168 Å². The van der Waals surface area contributed by atoms with Crippen molar-refractivity contribution < 1.29 is 71.8 Å². The third-order valence-electron chi connectivity index (χ3n) is 4.76. The Kier molecular flexibility index (Phi) is 37.0. The number of aliphatic hydroxyl groups excluding tert-OH is 1. The molecule has 0 aromatic heterocycles. The Morgan fingerprint density at radius 1 is 0.333 bits per heavy atom. The molecule has 0 aromatic rings. The SMILES string of the molecule is O=C(O)COCCOCCOCCOCCOCCOCCOCCOCCOCCOCCOCCOCCCO. The summed E-state index contributed by atoms with van der Waals surface area (Å²) in [5.41, 5.74) is 0. The van der Waals surface area contributed by atoms with E-state index >= 15 is 0 Å². The van der Waals surface area contributed by atoms with Gasteiger partial charge in [-0.2, -0.15) is 0 Å². The molecule has 15 heteroatoms. The van der Waals surface area contributed by atoms with Crippen LogP contribution in [0.15, 0.2) is 0 Å². The summed E-state index contributed by atoms with van der Waals surface area (Å²) in [5, 5.41) is 17.0. The van der Waals surface area contributed by atoms with Gasteiger partial charge in [0.1, 0.15) is 6.61 Å². The zero-order valence-electron chi connectivity index (χ0n) is 25.1. The van der Waals surface area contributed by atoms with E-state index < -0.39 is 5.97 Å². The van der Waals surface area contributed by atoms with E-state index in [-0.39, 0.29) is 19.8 Å². The van der Waals surface area contributed by atoms with Gasteiger partial charge < -0.3 is 67.1 Å². The van der Waals surface area contributed by atoms with Crippen LogP contribution < -0.4 is 0 Å². The molecule has 0 rings (SSSR count). The Morgan fingerprint density at radius 2 is 0.524 bits per heavy atom. The van der Waals surface area contributed by atoms with Crippen LogP contribution in [0.5, 0.6) is 0 Å². The lowest BCUT2D eigenvalue weighted by Gasteiger charge is -2.09. The van der Waals surface area contributed by atoms with Crippen molar-refractivity contribution in [2.24, 2.45) is 0 Å². The molecule has 0 heterocycles. The van der Waals surface area contributed by atoms with Crippen LogP contribution in [-0.2, 0) is 61.6 Å². The molecule has 0 atom stereocenters. The number of carboxylic acids is 1. The molecule has 15 nitrogen and oxygen atoms in total. The molecule has 0 aliphatic rings. The molecule has 0 aromatic carbocycles. The van der Waals surface area contributed by atoms with Gasteiger partial charge in [-0.05, 0) is 6.42 Å². The van der Waals surface area contributed by atoms with Crippen LogP contribution in [0.25, 0.3) is 0 Å². The molecule has 2 N–H and O–H groups in total. The number of aliphatic carboxylic acids is 1. The average molecular weight is 619 g/mol. The van der Waals surface area contributed by atoms with Gasteiger partial charge in [-0.15, -0.1) is 0 Å². The van der Waals surface area contributed by atoms with Crippen molar-refractivity contribution >= 4 is 5.97 Å². The van der Waals surface area contributed by atoms with Crippen molar-refractivity contribution in [1.29, 1.82) is 0 Å². The molecule has 0 saturated heterocycles. The summed E-state index contributed by atoms with van der Waals surface area (Å²) < 4.78 is 64.1. The smallest absolute Gasteiger partial charge is 0.329 e. The first-order valence-electron chi connectivity index (χ1n) is 14.5. The summed E-state index contributed by atoms with van der Waals surface area (Å²) in [6.45, 7) is 10.7. The first-order valence-corrected chi connectivity index (χ1v) is 14.5. The third-order valence-corrected chi connectivity index (χ3v) is 4.76. The van der Waals surface area contributed by atoms with E-state index in [1.165, 1.54) is 0 Å². The van der Waals surface area contributed by atoms with E-state index in [4.69, 9.17) is 67.1 Å². The van der Waals surface area contributed by atoms with Crippen molar-refractivity contribution in [3.63, 3.8) is 0 Å². The van der Waals surface area contributed by atoms with Crippen LogP contribution in [0.4, 0.5) is 0 Å². The second kappa shape index (κ2) is 38.0. The van der Waals surface area contributed by atoms with Gasteiger partial charge in [-0.1, -0.05) is 0 Å². The second-order valence-corrected chi connectivity index (χ2v) is 8.26. The van der Waals surface area contributed by atoms with Crippen LogP contribution in [0.3, 0.4) is 0 Å². The maximum absolute atomic E-state index is 10.3. The minimum absolute atomic E-state index is 0.142. The Labute approximate surface area is 249 Å². The molecule has 0 aliphatic heterocycles. The van der Waals surface area contributed by atoms with Gasteiger partial charge in [0.2, 0.25) is 0 Å². The first kappa shape index (κ1) is 41.0. The Hall–Kier alpha value is -1.05. The number of rotatable bonds is 38. The highest BCUT2D eigenvalue weighted by Gasteiger charge is 1.98. The van der Waals surface area contributed by atoms with Crippen molar-refractivity contribution in [3.05, 3.63) is 0 Å². The quantitative estimate of drug-likeness (QED) is 0.0861. The molecular weight excluding hydrogens is 564 g/mol. The summed E-state index contributed by atoms with van der Waals surface area (Å²) in [6, 6.07) is 0. The van der Waals surface area contributed by atoms with Gasteiger partial charge in [-0.3, -0.25) is 0 Å². The maximum atomic E-state index is 10.3. The highest BCUT2D eigenvalue weighted by Crippen LogP contribution is 1.87. The molecule has 0 fully saturated rings. The third kappa shape index (κ3) is 39.0. The number of hydrogen-bond donors (Lipinski definition) is 2. The lowest BCUT2D eigenvalue weighted by atomic mass is 10.5. The van der Waals surface area contributed by atoms with Crippen molar-refractivity contribution in [2.45, 2.75) is 6.42 Å². The lowest BCUT2D eigenvalue weighted by Crippen LogP contribution is -2.15. The molecule has 42 heavy (non-hydrogen) atoms. The molecule has 0 bridgehead atoms. The summed E-state index contributed by atoms with van der Waals surface area (Å²) in [6.07, 6.45) is 0.646. The number of hydrogen-bond acceptors (Lipinski definition) is 14. The van der Waals surface area contributed by atoms with E-state index in [0.717, 1.165) is 0 Å². The Balaban J connectivity index is 3.03. The highest BCUT2D eigenvalue weighted by atomic mass is 16.6. The number of ether oxygens (including phenoxy) is 12. The standard InChI is InChI=1S/C27H54O15/c28-2-1-3-31-4-5-32-6-7-33-8-9-34-10-11-35-12-13-36-14-15-37-16-17-38-18-19-39-20-21-40-22-23-41-24-25-42-26-27(29)30/h28H,1-26H2,(H,29,30).